The maximum Gasteiger partial charge on any atom is 0.415 e. The summed E-state index contributed by atoms with van der Waals surface area (Å²) in [7, 11) is -4.16. The molecule has 1 amide bonds. The number of nitrogens with zero attached hydrogens (tertiary/aromatic N) is 1. The topological polar surface area (TPSA) is 86.7 Å². The van der Waals surface area contributed by atoms with Crippen molar-refractivity contribution in [3.63, 3.8) is 0 Å². The van der Waals surface area contributed by atoms with Crippen LogP contribution >= 0.6 is 11.3 Å². The quantitative estimate of drug-likeness (QED) is 0.790. The number of rotatable bonds is 5. The van der Waals surface area contributed by atoms with Crippen LogP contribution in [0.2, 0.25) is 0 Å². The fourth-order valence-electron chi connectivity index (χ4n) is 2.68. The fraction of sp³-hybridized carbons (Fsp3) is 0.643. The molecule has 0 unspecified atom stereocenters. The van der Waals surface area contributed by atoms with Gasteiger partial charge in [-0.05, 0) is 25.0 Å². The Kier molecular flexibility index (Phi) is 6.13. The third-order valence-electron chi connectivity index (χ3n) is 3.91. The molecule has 1 fully saturated rings. The van der Waals surface area contributed by atoms with E-state index in [4.69, 9.17) is 0 Å². The van der Waals surface area contributed by atoms with E-state index < -0.39 is 28.3 Å². The van der Waals surface area contributed by atoms with Gasteiger partial charge in [0.25, 0.3) is 10.0 Å². The SMILES string of the molecule is CC(=O)NCc1ccc(S(=O)(=O)N2CCCC[C@@H]2[C@@H](O)C(F)(F)F)s1. The number of halogens is 3. The maximum absolute atomic E-state index is 12.9. The summed E-state index contributed by atoms with van der Waals surface area (Å²) >= 11 is 0.889. The lowest BCUT2D eigenvalue weighted by molar-refractivity contribution is -0.219. The van der Waals surface area contributed by atoms with Crippen LogP contribution in [0.1, 0.15) is 31.1 Å². The predicted octanol–water partition coefficient (Wildman–Crippen LogP) is 1.85. The average Bonchev–Trinajstić information content (AvgIpc) is 3.01. The first-order valence-corrected chi connectivity index (χ1v) is 9.89. The van der Waals surface area contributed by atoms with E-state index in [1.807, 2.05) is 0 Å². The number of carbonyl (C=O) groups is 1. The largest absolute Gasteiger partial charge is 0.415 e. The molecule has 142 valence electrons. The van der Waals surface area contributed by atoms with Gasteiger partial charge in [-0.2, -0.15) is 17.5 Å². The Morgan fingerprint density at radius 3 is 2.72 bits per heavy atom. The highest BCUT2D eigenvalue weighted by atomic mass is 32.2. The van der Waals surface area contributed by atoms with Crippen LogP contribution in [0.3, 0.4) is 0 Å². The summed E-state index contributed by atoms with van der Waals surface area (Å²) in [5, 5.41) is 12.1. The van der Waals surface area contributed by atoms with Gasteiger partial charge < -0.3 is 10.4 Å². The van der Waals surface area contributed by atoms with Gasteiger partial charge in [0, 0.05) is 18.3 Å². The number of carbonyl (C=O) groups excluding carboxylic acids is 1. The van der Waals surface area contributed by atoms with Crippen LogP contribution < -0.4 is 5.32 Å². The molecular formula is C14H19F3N2O4S2. The molecule has 1 aliphatic heterocycles. The van der Waals surface area contributed by atoms with Gasteiger partial charge in [0.2, 0.25) is 5.91 Å². The number of aliphatic hydroxyl groups excluding tert-OH is 1. The third kappa shape index (κ3) is 4.72. The van der Waals surface area contributed by atoms with Crippen molar-refractivity contribution in [3.05, 3.63) is 17.0 Å². The second-order valence-corrected chi connectivity index (χ2v) is 9.08. The van der Waals surface area contributed by atoms with Gasteiger partial charge in [-0.25, -0.2) is 8.42 Å². The molecule has 0 aliphatic carbocycles. The molecule has 6 nitrogen and oxygen atoms in total. The van der Waals surface area contributed by atoms with Gasteiger partial charge in [0.15, 0.2) is 6.10 Å². The van der Waals surface area contributed by atoms with Crippen molar-refractivity contribution in [2.45, 2.75) is 55.3 Å². The molecule has 2 rings (SSSR count). The predicted molar refractivity (Wildman–Crippen MR) is 85.4 cm³/mol. The minimum atomic E-state index is -4.89. The van der Waals surface area contributed by atoms with Gasteiger partial charge in [0.1, 0.15) is 4.21 Å². The van der Waals surface area contributed by atoms with Crippen molar-refractivity contribution in [1.82, 2.24) is 9.62 Å². The highest BCUT2D eigenvalue weighted by Gasteiger charge is 2.49. The number of sulfonamides is 1. The first kappa shape index (κ1) is 20.1. The minimum absolute atomic E-state index is 0.0516. The van der Waals surface area contributed by atoms with Crippen molar-refractivity contribution in [2.24, 2.45) is 0 Å². The van der Waals surface area contributed by atoms with E-state index in [1.165, 1.54) is 19.1 Å². The third-order valence-corrected chi connectivity index (χ3v) is 7.39. The second-order valence-electron chi connectivity index (χ2n) is 5.80. The zero-order chi connectivity index (χ0) is 18.8. The lowest BCUT2D eigenvalue weighted by Crippen LogP contribution is -2.54. The van der Waals surface area contributed by atoms with Gasteiger partial charge in [-0.15, -0.1) is 11.3 Å². The Bertz CT molecular complexity index is 718. The van der Waals surface area contributed by atoms with E-state index in [1.54, 1.807) is 0 Å². The number of aliphatic hydroxyl groups is 1. The van der Waals surface area contributed by atoms with Gasteiger partial charge >= 0.3 is 6.18 Å². The first-order valence-electron chi connectivity index (χ1n) is 7.63. The Labute approximate surface area is 147 Å². The average molecular weight is 400 g/mol. The van der Waals surface area contributed by atoms with Crippen LogP contribution in [0, 0.1) is 0 Å². The van der Waals surface area contributed by atoms with Crippen molar-refractivity contribution in [1.29, 1.82) is 0 Å². The van der Waals surface area contributed by atoms with Crippen LogP contribution in [0.15, 0.2) is 16.3 Å². The molecule has 1 aliphatic rings. The molecule has 25 heavy (non-hydrogen) atoms. The van der Waals surface area contributed by atoms with Gasteiger partial charge in [-0.1, -0.05) is 6.42 Å². The van der Waals surface area contributed by atoms with E-state index in [-0.39, 0.29) is 29.6 Å². The summed E-state index contributed by atoms with van der Waals surface area (Å²) in [6.45, 7) is 1.39. The minimum Gasteiger partial charge on any atom is -0.382 e. The van der Waals surface area contributed by atoms with Gasteiger partial charge in [0.05, 0.1) is 12.6 Å². The Morgan fingerprint density at radius 2 is 2.12 bits per heavy atom. The summed E-state index contributed by atoms with van der Waals surface area (Å²) in [6.07, 6.45) is -6.81. The number of piperidine rings is 1. The zero-order valence-electron chi connectivity index (χ0n) is 13.4. The van der Waals surface area contributed by atoms with Crippen molar-refractivity contribution in [3.8, 4) is 0 Å². The summed E-state index contributed by atoms with van der Waals surface area (Å²) in [5.74, 6) is -0.276. The first-order chi connectivity index (χ1) is 11.5. The molecule has 0 spiro atoms. The normalized spacial score (nSPS) is 21.1. The molecule has 2 N–H and O–H groups in total. The number of hydrogen-bond acceptors (Lipinski definition) is 5. The summed E-state index contributed by atoms with van der Waals surface area (Å²) in [6, 6.07) is 1.29. The standard InChI is InChI=1S/C14H19F3N2O4S2/c1-9(20)18-8-10-5-6-12(24-10)25(22,23)19-7-3-2-4-11(19)13(21)14(15,16)17/h5-6,11,13,21H,2-4,7-8H2,1H3,(H,18,20)/t11-,13-/m1/s1. The highest BCUT2D eigenvalue weighted by Crippen LogP contribution is 2.35. The Balaban J connectivity index is 2.25. The van der Waals surface area contributed by atoms with Crippen molar-refractivity contribution >= 4 is 27.3 Å². The van der Waals surface area contributed by atoms with Gasteiger partial charge in [-0.3, -0.25) is 4.79 Å². The van der Waals surface area contributed by atoms with E-state index in [9.17, 15) is 31.5 Å². The highest BCUT2D eigenvalue weighted by molar-refractivity contribution is 7.91. The van der Waals surface area contributed by atoms with Crippen molar-refractivity contribution in [2.75, 3.05) is 6.54 Å². The summed E-state index contributed by atoms with van der Waals surface area (Å²) in [4.78, 5) is 11.5. The molecule has 1 aromatic heterocycles. The molecule has 2 heterocycles. The number of amides is 1. The van der Waals surface area contributed by atoms with Crippen LogP contribution in [0.25, 0.3) is 0 Å². The Hall–Kier alpha value is -1.17. The monoisotopic (exact) mass is 400 g/mol. The van der Waals surface area contributed by atoms with Crippen LogP contribution in [-0.2, 0) is 21.4 Å². The zero-order valence-corrected chi connectivity index (χ0v) is 15.0. The number of hydrogen-bond donors (Lipinski definition) is 2. The van der Waals surface area contributed by atoms with Crippen LogP contribution in [0.5, 0.6) is 0 Å². The molecule has 1 saturated heterocycles. The summed E-state index contributed by atoms with van der Waals surface area (Å²) in [5.41, 5.74) is 0. The molecular weight excluding hydrogens is 381 g/mol. The number of nitrogens with one attached hydrogen (secondary N) is 1. The fourth-order valence-corrected chi connectivity index (χ4v) is 5.80. The molecule has 0 aromatic carbocycles. The molecule has 1 aromatic rings. The van der Waals surface area contributed by atoms with Crippen LogP contribution in [0.4, 0.5) is 13.2 Å². The number of alkyl halides is 3. The van der Waals surface area contributed by atoms with Crippen LogP contribution in [-0.4, -0.2) is 48.6 Å². The van der Waals surface area contributed by atoms with E-state index in [2.05, 4.69) is 5.32 Å². The molecule has 0 radical (unpaired) electrons. The maximum atomic E-state index is 12.9. The molecule has 2 atom stereocenters. The lowest BCUT2D eigenvalue weighted by Gasteiger charge is -2.37. The second kappa shape index (κ2) is 7.60. The lowest BCUT2D eigenvalue weighted by atomic mass is 9.99. The Morgan fingerprint density at radius 1 is 1.44 bits per heavy atom. The van der Waals surface area contributed by atoms with E-state index >= 15 is 0 Å². The molecule has 11 heteroatoms. The van der Waals surface area contributed by atoms with E-state index in [0.717, 1.165) is 15.6 Å². The molecule has 0 saturated carbocycles. The summed E-state index contributed by atoms with van der Waals surface area (Å²) < 4.78 is 64.8. The van der Waals surface area contributed by atoms with Crippen molar-refractivity contribution < 1.29 is 31.5 Å². The van der Waals surface area contributed by atoms with E-state index in [0.29, 0.717) is 17.7 Å². The molecule has 0 bridgehead atoms. The number of thiophene rings is 1. The smallest absolute Gasteiger partial charge is 0.382 e.